The van der Waals surface area contributed by atoms with Crippen LogP contribution in [0.15, 0.2) is 98.1 Å². The number of pyridine rings is 2. The quantitative estimate of drug-likeness (QED) is 0.0322. The molecule has 31 nitrogen and oxygen atoms in total. The third-order valence-electron chi connectivity index (χ3n) is 14.1. The maximum Gasteiger partial charge on any atom is 0.446 e. The van der Waals surface area contributed by atoms with Gasteiger partial charge >= 0.3 is 18.1 Å². The highest BCUT2D eigenvalue weighted by molar-refractivity contribution is 6.08. The first-order valence-corrected chi connectivity index (χ1v) is 30.8. The molecule has 10 rings (SSSR count). The van der Waals surface area contributed by atoms with Crippen molar-refractivity contribution in [3.05, 3.63) is 120 Å². The maximum absolute atomic E-state index is 13.3. The number of alkyl halides is 3. The number of aromatic nitrogens is 12. The molecule has 516 valence electrons. The molecule has 0 radical (unpaired) electrons. The normalized spacial score (nSPS) is 13.8. The van der Waals surface area contributed by atoms with Crippen LogP contribution in [0.2, 0.25) is 0 Å². The molecule has 2 aliphatic rings. The smallest absolute Gasteiger partial charge is 0.446 e. The van der Waals surface area contributed by atoms with Crippen molar-refractivity contribution in [3.63, 3.8) is 0 Å². The van der Waals surface area contributed by atoms with Gasteiger partial charge in [0.25, 0.3) is 11.8 Å². The Morgan fingerprint density at radius 2 is 0.938 bits per heavy atom. The van der Waals surface area contributed by atoms with Crippen LogP contribution < -0.4 is 20.4 Å². The van der Waals surface area contributed by atoms with Gasteiger partial charge in [-0.25, -0.2) is 38.6 Å². The lowest BCUT2D eigenvalue weighted by molar-refractivity contribution is -0.160. The van der Waals surface area contributed by atoms with Crippen molar-refractivity contribution in [2.45, 2.75) is 46.4 Å². The monoisotopic (exact) mass is 1340 g/mol. The fourth-order valence-electron chi connectivity index (χ4n) is 9.44. The van der Waals surface area contributed by atoms with E-state index in [2.05, 4.69) is 60.4 Å². The van der Waals surface area contributed by atoms with Crippen molar-refractivity contribution in [3.8, 4) is 11.6 Å². The fraction of sp³-hybridized carbons (Fsp3) is 0.468. The van der Waals surface area contributed by atoms with Gasteiger partial charge in [0.05, 0.1) is 78.5 Å². The van der Waals surface area contributed by atoms with Gasteiger partial charge < -0.3 is 58.7 Å². The Hall–Kier alpha value is -9.42. The number of piperazine rings is 2. The number of esters is 1. The molecule has 2 aliphatic heterocycles. The molecule has 2 amide bonds. The van der Waals surface area contributed by atoms with E-state index in [0.29, 0.717) is 105 Å². The van der Waals surface area contributed by atoms with Gasteiger partial charge in [-0.2, -0.15) is 32.7 Å². The predicted molar refractivity (Wildman–Crippen MR) is 342 cm³/mol. The summed E-state index contributed by atoms with van der Waals surface area (Å²) in [4.78, 5) is 84.0. The molecule has 0 saturated carbocycles. The van der Waals surface area contributed by atoms with Crippen molar-refractivity contribution < 1.29 is 75.4 Å². The Morgan fingerprint density at radius 3 is 1.31 bits per heavy atom. The van der Waals surface area contributed by atoms with Crippen LogP contribution in [0.1, 0.15) is 52.6 Å². The molecule has 0 unspecified atom stereocenters. The molecule has 0 atom stereocenters. The number of carboxylic acid groups (broad SMARTS) is 1. The fourth-order valence-corrected chi connectivity index (χ4v) is 9.44. The topological polar surface area (TPSA) is 329 Å². The zero-order chi connectivity index (χ0) is 68.5. The van der Waals surface area contributed by atoms with Crippen molar-refractivity contribution >= 4 is 64.6 Å². The Bertz CT molecular complexity index is 3750. The summed E-state index contributed by atoms with van der Waals surface area (Å²) in [7, 11) is 0. The highest BCUT2D eigenvalue weighted by Gasteiger charge is 2.27. The lowest BCUT2D eigenvalue weighted by Crippen LogP contribution is -2.47. The number of amides is 2. The number of aliphatic carboxylic acids is 1. The van der Waals surface area contributed by atoms with Crippen molar-refractivity contribution in [2.24, 2.45) is 0 Å². The minimum absolute atomic E-state index is 0.0874. The number of aryl methyl sites for hydroxylation is 2. The highest BCUT2D eigenvalue weighted by Crippen LogP contribution is 2.27. The van der Waals surface area contributed by atoms with E-state index in [-0.39, 0.29) is 37.6 Å². The number of ether oxygens (including phenoxy) is 7. The summed E-state index contributed by atoms with van der Waals surface area (Å²) in [5.74, 6) is 1.65. The number of nitrogens with zero attached hydrogens (tertiary/aromatic N) is 16. The van der Waals surface area contributed by atoms with Gasteiger partial charge in [-0.15, -0.1) is 10.2 Å². The average molecular weight is 1340 g/mol. The summed E-state index contributed by atoms with van der Waals surface area (Å²) in [6.07, 6.45) is 7.58. The molecule has 0 bridgehead atoms. The number of hydrogen-bond donors (Lipinski definition) is 3. The third-order valence-corrected chi connectivity index (χ3v) is 14.1. The summed E-state index contributed by atoms with van der Waals surface area (Å²) in [5.41, 5.74) is 3.19. The number of fused-ring (bicyclic) bond motifs is 2. The summed E-state index contributed by atoms with van der Waals surface area (Å²) in [6.45, 7) is 21.3. The molecular weight excluding hydrogens is 1260 g/mol. The predicted octanol–water partition coefficient (Wildman–Crippen LogP) is 4.26. The van der Waals surface area contributed by atoms with Gasteiger partial charge in [0, 0.05) is 115 Å². The van der Waals surface area contributed by atoms with Crippen LogP contribution in [0, 0.1) is 13.8 Å². The Morgan fingerprint density at radius 1 is 0.542 bits per heavy atom. The molecule has 96 heavy (non-hydrogen) atoms. The first-order valence-electron chi connectivity index (χ1n) is 30.8. The summed E-state index contributed by atoms with van der Waals surface area (Å²) in [5, 5.41) is 32.6. The molecule has 2 saturated heterocycles. The van der Waals surface area contributed by atoms with Crippen LogP contribution in [0.3, 0.4) is 0 Å². The highest BCUT2D eigenvalue weighted by atomic mass is 19.4. The van der Waals surface area contributed by atoms with E-state index in [4.69, 9.17) is 53.3 Å². The van der Waals surface area contributed by atoms with Gasteiger partial charge in [-0.3, -0.25) is 24.2 Å². The molecule has 2 fully saturated rings. The first kappa shape index (κ1) is 72.4. The van der Waals surface area contributed by atoms with Crippen LogP contribution in [0.5, 0.6) is 0 Å². The Labute approximate surface area is 550 Å². The Kier molecular flexibility index (Phi) is 27.1. The van der Waals surface area contributed by atoms with Crippen molar-refractivity contribution in [1.82, 2.24) is 68.5 Å². The molecule has 34 heteroatoms. The average Bonchev–Trinajstić information content (AvgIpc) is 1.66. The second-order valence-electron chi connectivity index (χ2n) is 22.6. The van der Waals surface area contributed by atoms with Gasteiger partial charge in [0.15, 0.2) is 34.6 Å². The minimum Gasteiger partial charge on any atom is -0.480 e. The van der Waals surface area contributed by atoms with Crippen LogP contribution >= 0.6 is 0 Å². The van der Waals surface area contributed by atoms with Crippen molar-refractivity contribution in [1.29, 1.82) is 0 Å². The van der Waals surface area contributed by atoms with E-state index in [0.717, 1.165) is 88.2 Å². The van der Waals surface area contributed by atoms with E-state index in [1.165, 1.54) is 12.4 Å². The number of carboxylic acids is 1. The molecule has 8 aromatic rings. The van der Waals surface area contributed by atoms with Gasteiger partial charge in [-0.05, 0) is 70.0 Å². The zero-order valence-electron chi connectivity index (χ0n) is 54.0. The van der Waals surface area contributed by atoms with Crippen LogP contribution in [-0.4, -0.2) is 260 Å². The van der Waals surface area contributed by atoms with Gasteiger partial charge in [0.1, 0.15) is 41.6 Å². The maximum atomic E-state index is 13.3. The molecule has 3 N–H and O–H groups in total. The number of carbonyl (C=O) groups excluding carboxylic acids is 4. The summed E-state index contributed by atoms with van der Waals surface area (Å²) >= 11 is 0. The summed E-state index contributed by atoms with van der Waals surface area (Å²) in [6, 6.07) is 14.9. The lowest BCUT2D eigenvalue weighted by Gasteiger charge is -2.34. The molecular formula is C62H79F3N18O13. The standard InChI is InChI=1S/C32H43N9O6.C28H35N9O6.C2HF3O/c1-24-6-7-26(34-21-24)41-27(36-31(43)25-22-35-40-9-5-8-33-30(25)40)20-28(37-41)39-12-10-38(11-13-39)14-15-44-16-17-45-18-19-46-23-29(42)47-32(2,3)4;1-21-3-4-23(30-18-21)37-24(32-28(40)22-19-31-36-6-2-5-29-27(22)36)17-25(33-37)35-9-7-34(8-10-35)11-12-41-13-14-42-15-16-43-20-26(38)39;3-2(4,5)1-6/h5-9,20-22H,10-19,23H2,1-4H3,(H,36,43);2-6,17-19H,7-16,20H2,1H3,(H,32,40)(H,38,39);1H. The van der Waals surface area contributed by atoms with Crippen LogP contribution in [0.25, 0.3) is 22.9 Å². The largest absolute Gasteiger partial charge is 0.480 e. The molecule has 8 aromatic heterocycles. The number of anilines is 4. The van der Waals surface area contributed by atoms with E-state index < -0.39 is 24.0 Å². The number of rotatable bonds is 30. The number of carbonyl (C=O) groups is 5. The second kappa shape index (κ2) is 35.9. The van der Waals surface area contributed by atoms with Crippen LogP contribution in [-0.2, 0) is 47.5 Å². The number of halogens is 3. The molecule has 0 spiro atoms. The molecule has 0 aromatic carbocycles. The lowest BCUT2D eigenvalue weighted by atomic mass is 10.2. The van der Waals surface area contributed by atoms with E-state index in [9.17, 15) is 32.3 Å². The molecule has 0 aliphatic carbocycles. The molecule has 10 heterocycles. The van der Waals surface area contributed by atoms with Gasteiger partial charge in [-0.1, -0.05) is 12.1 Å². The SMILES string of the molecule is Cc1ccc(-n2nc(N3CCN(CCOCCOCCOCC(=O)O)CC3)cc2NC(=O)c2cnn3cccnc23)nc1.Cc1ccc(-n2nc(N3CCN(CCOCCOCCOCC(=O)OC(C)(C)C)CC3)cc2NC(=O)c2cnn3cccnc23)nc1.O=CC(F)(F)F. The van der Waals surface area contributed by atoms with E-state index in [1.807, 2.05) is 71.0 Å². The van der Waals surface area contributed by atoms with Gasteiger partial charge in [0.2, 0.25) is 6.29 Å². The minimum atomic E-state index is -4.64. The zero-order valence-corrected chi connectivity index (χ0v) is 54.0. The number of aldehydes is 1. The number of nitrogens with one attached hydrogen (secondary N) is 2. The van der Waals surface area contributed by atoms with Crippen molar-refractivity contribution in [2.75, 3.05) is 165 Å². The first-order chi connectivity index (χ1) is 46.2. The Balaban J connectivity index is 0.000000227. The summed E-state index contributed by atoms with van der Waals surface area (Å²) < 4.78 is 75.4. The van der Waals surface area contributed by atoms with E-state index >= 15 is 0 Å². The second-order valence-corrected chi connectivity index (χ2v) is 22.6. The third kappa shape index (κ3) is 22.9. The van der Waals surface area contributed by atoms with E-state index in [1.54, 1.807) is 67.7 Å². The number of hydrogen-bond acceptors (Lipinski definition) is 24. The van der Waals surface area contributed by atoms with Crippen LogP contribution in [0.4, 0.5) is 36.4 Å².